The van der Waals surface area contributed by atoms with Crippen molar-refractivity contribution in [3.63, 3.8) is 0 Å². The minimum Gasteiger partial charge on any atom is -0.472 e. The van der Waals surface area contributed by atoms with Gasteiger partial charge in [-0.2, -0.15) is 39.5 Å². The van der Waals surface area contributed by atoms with Crippen molar-refractivity contribution in [3.05, 3.63) is 60.1 Å². The molecule has 0 amide bonds. The largest absolute Gasteiger partial charge is 0.472 e. The molecule has 0 saturated carbocycles. The van der Waals surface area contributed by atoms with Crippen molar-refractivity contribution in [2.45, 2.75) is 30.4 Å². The van der Waals surface area contributed by atoms with Crippen LogP contribution in [0.4, 0.5) is 39.5 Å². The fourth-order valence-corrected chi connectivity index (χ4v) is 2.55. The molecule has 0 aliphatic carbocycles. The zero-order valence-corrected chi connectivity index (χ0v) is 15.6. The number of esters is 1. The Morgan fingerprint density at radius 1 is 0.844 bits per heavy atom. The van der Waals surface area contributed by atoms with Crippen molar-refractivity contribution in [2.75, 3.05) is 6.61 Å². The summed E-state index contributed by atoms with van der Waals surface area (Å²) in [5.41, 5.74) is -0.602. The number of furan rings is 1. The predicted molar refractivity (Wildman–Crippen MR) is 88.8 cm³/mol. The SMILES string of the molecule is O=C(OCC(CC(F)(F)C(F)(F)C(F)(F)C(F)(F)F)C(=O)c1ccoc1)c1ccccc1. The highest BCUT2D eigenvalue weighted by molar-refractivity contribution is 5.98. The van der Waals surface area contributed by atoms with Gasteiger partial charge in [-0.1, -0.05) is 18.2 Å². The van der Waals surface area contributed by atoms with Crippen LogP contribution >= 0.6 is 0 Å². The van der Waals surface area contributed by atoms with Gasteiger partial charge in [-0.3, -0.25) is 4.79 Å². The van der Waals surface area contributed by atoms with Gasteiger partial charge in [0.15, 0.2) is 5.78 Å². The van der Waals surface area contributed by atoms with Crippen LogP contribution in [0, 0.1) is 5.92 Å². The van der Waals surface area contributed by atoms with Gasteiger partial charge in [0.2, 0.25) is 0 Å². The lowest BCUT2D eigenvalue weighted by atomic mass is 9.89. The molecule has 13 heteroatoms. The first-order valence-corrected chi connectivity index (χ1v) is 8.60. The summed E-state index contributed by atoms with van der Waals surface area (Å²) in [6, 6.07) is 7.64. The molecule has 2 rings (SSSR count). The van der Waals surface area contributed by atoms with Crippen molar-refractivity contribution in [2.24, 2.45) is 5.92 Å². The minimum atomic E-state index is -7.10. The molecule has 1 unspecified atom stereocenters. The van der Waals surface area contributed by atoms with Crippen molar-refractivity contribution < 1.29 is 58.3 Å². The average molecular weight is 476 g/mol. The van der Waals surface area contributed by atoms with Crippen LogP contribution in [0.15, 0.2) is 53.3 Å². The van der Waals surface area contributed by atoms with E-state index in [4.69, 9.17) is 0 Å². The van der Waals surface area contributed by atoms with Gasteiger partial charge in [0, 0.05) is 6.42 Å². The van der Waals surface area contributed by atoms with E-state index < -0.39 is 60.2 Å². The van der Waals surface area contributed by atoms with E-state index in [1.165, 1.54) is 30.3 Å². The molecule has 2 aromatic rings. The van der Waals surface area contributed by atoms with E-state index >= 15 is 0 Å². The van der Waals surface area contributed by atoms with Crippen molar-refractivity contribution in [3.8, 4) is 0 Å². The number of benzene rings is 1. The Hall–Kier alpha value is -2.99. The van der Waals surface area contributed by atoms with E-state index in [2.05, 4.69) is 9.15 Å². The van der Waals surface area contributed by atoms with Gasteiger partial charge < -0.3 is 9.15 Å². The third kappa shape index (κ3) is 4.91. The van der Waals surface area contributed by atoms with Gasteiger partial charge in [-0.15, -0.1) is 0 Å². The number of hydrogen-bond acceptors (Lipinski definition) is 4. The van der Waals surface area contributed by atoms with Gasteiger partial charge in [0.05, 0.1) is 23.3 Å². The van der Waals surface area contributed by atoms with Crippen molar-refractivity contribution in [1.29, 1.82) is 0 Å². The average Bonchev–Trinajstić information content (AvgIpc) is 3.24. The summed E-state index contributed by atoms with van der Waals surface area (Å²) in [6.07, 6.45) is -7.87. The molecule has 0 spiro atoms. The highest BCUT2D eigenvalue weighted by atomic mass is 19.4. The molecule has 0 radical (unpaired) electrons. The van der Waals surface area contributed by atoms with Gasteiger partial charge in [0.1, 0.15) is 12.9 Å². The smallest absolute Gasteiger partial charge is 0.460 e. The Bertz CT molecular complexity index is 922. The maximum absolute atomic E-state index is 14.1. The Morgan fingerprint density at radius 2 is 1.44 bits per heavy atom. The molecule has 1 atom stereocenters. The Morgan fingerprint density at radius 3 is 1.94 bits per heavy atom. The summed E-state index contributed by atoms with van der Waals surface area (Å²) in [4.78, 5) is 24.3. The number of carbonyl (C=O) groups excluding carboxylic acids is 2. The third-order valence-corrected chi connectivity index (χ3v) is 4.31. The highest BCUT2D eigenvalue weighted by Gasteiger charge is 2.81. The van der Waals surface area contributed by atoms with Crippen LogP contribution in [0.25, 0.3) is 0 Å². The van der Waals surface area contributed by atoms with E-state index in [0.717, 1.165) is 12.3 Å². The number of rotatable bonds is 9. The monoisotopic (exact) mass is 476 g/mol. The normalized spacial score (nSPS) is 14.2. The molecule has 1 aromatic heterocycles. The lowest BCUT2D eigenvalue weighted by molar-refractivity contribution is -0.397. The van der Waals surface area contributed by atoms with Gasteiger partial charge >= 0.3 is 29.9 Å². The molecule has 0 aliphatic rings. The fraction of sp³-hybridized carbons (Fsp3) is 0.368. The van der Waals surface area contributed by atoms with Crippen LogP contribution in [0.2, 0.25) is 0 Å². The standard InChI is InChI=1S/C19H13F9O4/c20-16(21,17(22,23)18(24,25)19(26,27)28)8-13(14(29)12-6-7-31-9-12)10-32-15(30)11-4-2-1-3-5-11/h1-7,9,13H,8,10H2. The zero-order valence-electron chi connectivity index (χ0n) is 15.6. The summed E-state index contributed by atoms with van der Waals surface area (Å²) in [5.74, 6) is -25.0. The summed E-state index contributed by atoms with van der Waals surface area (Å²) in [6.45, 7) is -1.30. The Labute approximate surface area is 173 Å². The van der Waals surface area contributed by atoms with Crippen molar-refractivity contribution in [1.82, 2.24) is 0 Å². The number of hydrogen-bond donors (Lipinski definition) is 0. The summed E-state index contributed by atoms with van der Waals surface area (Å²) >= 11 is 0. The number of carbonyl (C=O) groups is 2. The van der Waals surface area contributed by atoms with Crippen LogP contribution in [0.5, 0.6) is 0 Å². The Balaban J connectivity index is 2.31. The first kappa shape index (κ1) is 25.3. The molecule has 176 valence electrons. The fourth-order valence-electron chi connectivity index (χ4n) is 2.55. The number of ether oxygens (including phenoxy) is 1. The number of Topliss-reactive ketones (excluding diaryl/α,β-unsaturated/α-hetero) is 1. The quantitative estimate of drug-likeness (QED) is 0.261. The van der Waals surface area contributed by atoms with E-state index in [1.807, 2.05) is 0 Å². The van der Waals surface area contributed by atoms with Crippen LogP contribution in [-0.4, -0.2) is 42.3 Å². The number of alkyl halides is 9. The molecule has 0 bridgehead atoms. The molecule has 0 saturated heterocycles. The van der Waals surface area contributed by atoms with Crippen LogP contribution in [0.1, 0.15) is 27.1 Å². The summed E-state index contributed by atoms with van der Waals surface area (Å²) in [5, 5.41) is 0. The maximum atomic E-state index is 14.1. The third-order valence-electron chi connectivity index (χ3n) is 4.31. The second kappa shape index (κ2) is 8.87. The van der Waals surface area contributed by atoms with E-state index in [-0.39, 0.29) is 5.56 Å². The summed E-state index contributed by atoms with van der Waals surface area (Å²) in [7, 11) is 0. The molecule has 32 heavy (non-hydrogen) atoms. The maximum Gasteiger partial charge on any atom is 0.460 e. The molecular weight excluding hydrogens is 463 g/mol. The summed E-state index contributed by atoms with van der Waals surface area (Å²) < 4.78 is 128. The second-order valence-electron chi connectivity index (χ2n) is 6.59. The number of ketones is 1. The van der Waals surface area contributed by atoms with Crippen LogP contribution < -0.4 is 0 Å². The van der Waals surface area contributed by atoms with Crippen molar-refractivity contribution >= 4 is 11.8 Å². The molecule has 4 nitrogen and oxygen atoms in total. The zero-order chi connectivity index (χ0) is 24.4. The van der Waals surface area contributed by atoms with E-state index in [1.54, 1.807) is 0 Å². The molecule has 0 aliphatic heterocycles. The lowest BCUT2D eigenvalue weighted by Gasteiger charge is -2.34. The molecule has 1 aromatic carbocycles. The van der Waals surface area contributed by atoms with Crippen LogP contribution in [-0.2, 0) is 4.74 Å². The Kier molecular flexibility index (Phi) is 7.00. The van der Waals surface area contributed by atoms with E-state index in [9.17, 15) is 49.1 Å². The highest BCUT2D eigenvalue weighted by Crippen LogP contribution is 2.54. The first-order valence-electron chi connectivity index (χ1n) is 8.60. The second-order valence-corrected chi connectivity index (χ2v) is 6.59. The van der Waals surface area contributed by atoms with E-state index in [0.29, 0.717) is 6.26 Å². The molecule has 0 fully saturated rings. The molecular formula is C19H13F9O4. The molecule has 0 N–H and O–H groups in total. The predicted octanol–water partition coefficient (Wildman–Crippen LogP) is 5.79. The lowest BCUT2D eigenvalue weighted by Crippen LogP contribution is -2.61. The molecule has 1 heterocycles. The van der Waals surface area contributed by atoms with Gasteiger partial charge in [-0.25, -0.2) is 4.79 Å². The van der Waals surface area contributed by atoms with Gasteiger partial charge in [0.25, 0.3) is 0 Å². The number of halogens is 9. The first-order chi connectivity index (χ1) is 14.6. The topological polar surface area (TPSA) is 56.5 Å². The van der Waals surface area contributed by atoms with Crippen LogP contribution in [0.3, 0.4) is 0 Å². The van der Waals surface area contributed by atoms with Gasteiger partial charge in [-0.05, 0) is 18.2 Å². The minimum absolute atomic E-state index is 0.122.